The summed E-state index contributed by atoms with van der Waals surface area (Å²) in [6.07, 6.45) is 6.47. The Kier molecular flexibility index (Phi) is 3.14. The molecule has 3 N–H and O–H groups in total. The van der Waals surface area contributed by atoms with Crippen LogP contribution in [-0.4, -0.2) is 34.2 Å². The number of carboxylic acid groups (broad SMARTS) is 1. The Labute approximate surface area is 125 Å². The van der Waals surface area contributed by atoms with E-state index in [4.69, 9.17) is 5.11 Å². The van der Waals surface area contributed by atoms with Crippen molar-refractivity contribution >= 4 is 11.9 Å². The maximum atomic E-state index is 12.7. The van der Waals surface area contributed by atoms with Crippen molar-refractivity contribution in [2.24, 2.45) is 22.7 Å². The lowest BCUT2D eigenvalue weighted by Gasteiger charge is -2.60. The second kappa shape index (κ2) is 4.45. The lowest BCUT2D eigenvalue weighted by Crippen LogP contribution is -2.58. The maximum absolute atomic E-state index is 12.7. The minimum Gasteiger partial charge on any atom is -0.479 e. The topological polar surface area (TPSA) is 86.6 Å². The van der Waals surface area contributed by atoms with Gasteiger partial charge in [-0.25, -0.2) is 4.79 Å². The van der Waals surface area contributed by atoms with E-state index in [9.17, 15) is 14.7 Å². The summed E-state index contributed by atoms with van der Waals surface area (Å²) >= 11 is 0. The van der Waals surface area contributed by atoms with Crippen molar-refractivity contribution in [1.29, 1.82) is 0 Å². The molecule has 5 nitrogen and oxygen atoms in total. The van der Waals surface area contributed by atoms with Crippen LogP contribution in [0.15, 0.2) is 0 Å². The first-order chi connectivity index (χ1) is 9.64. The molecular weight excluding hydrogens is 270 g/mol. The van der Waals surface area contributed by atoms with Gasteiger partial charge in [0.1, 0.15) is 0 Å². The minimum atomic E-state index is -1.90. The molecule has 5 heteroatoms. The van der Waals surface area contributed by atoms with Gasteiger partial charge in [-0.05, 0) is 62.7 Å². The van der Waals surface area contributed by atoms with Crippen LogP contribution in [0, 0.1) is 22.7 Å². The van der Waals surface area contributed by atoms with Crippen molar-refractivity contribution in [2.75, 3.05) is 6.54 Å². The first-order valence-corrected chi connectivity index (χ1v) is 7.88. The second-order valence-corrected chi connectivity index (χ2v) is 8.31. The highest BCUT2D eigenvalue weighted by Crippen LogP contribution is 2.65. The lowest BCUT2D eigenvalue weighted by atomic mass is 9.44. The largest absolute Gasteiger partial charge is 0.479 e. The average Bonchev–Trinajstić information content (AvgIpc) is 2.32. The van der Waals surface area contributed by atoms with Gasteiger partial charge in [0.2, 0.25) is 5.91 Å². The summed E-state index contributed by atoms with van der Waals surface area (Å²) in [5.74, 6) is -0.0754. The third-order valence-corrected chi connectivity index (χ3v) is 5.89. The van der Waals surface area contributed by atoms with Crippen molar-refractivity contribution in [3.8, 4) is 0 Å². The molecule has 0 spiro atoms. The number of hydrogen-bond acceptors (Lipinski definition) is 3. The van der Waals surface area contributed by atoms with Crippen LogP contribution in [0.4, 0.5) is 0 Å². The third-order valence-electron chi connectivity index (χ3n) is 5.89. The molecule has 0 aromatic heterocycles. The molecule has 0 aliphatic heterocycles. The fraction of sp³-hybridized carbons (Fsp3) is 0.875. The van der Waals surface area contributed by atoms with Gasteiger partial charge in [0.05, 0.1) is 12.0 Å². The fourth-order valence-electron chi connectivity index (χ4n) is 5.50. The van der Waals surface area contributed by atoms with E-state index in [2.05, 4.69) is 12.2 Å². The molecule has 4 aliphatic rings. The van der Waals surface area contributed by atoms with Gasteiger partial charge in [0.25, 0.3) is 0 Å². The lowest BCUT2D eigenvalue weighted by molar-refractivity contribution is -0.161. The van der Waals surface area contributed by atoms with E-state index in [1.54, 1.807) is 0 Å². The van der Waals surface area contributed by atoms with Crippen molar-refractivity contribution in [3.63, 3.8) is 0 Å². The van der Waals surface area contributed by atoms with E-state index in [0.29, 0.717) is 11.8 Å². The van der Waals surface area contributed by atoms with Crippen LogP contribution in [-0.2, 0) is 9.59 Å². The predicted octanol–water partition coefficient (Wildman–Crippen LogP) is 1.54. The Bertz CT molecular complexity index is 471. The quantitative estimate of drug-likeness (QED) is 0.734. The average molecular weight is 295 g/mol. The molecule has 3 atom stereocenters. The molecule has 1 amide bonds. The Morgan fingerprint density at radius 2 is 1.81 bits per heavy atom. The van der Waals surface area contributed by atoms with Crippen LogP contribution in [0.2, 0.25) is 0 Å². The van der Waals surface area contributed by atoms with Gasteiger partial charge < -0.3 is 15.5 Å². The van der Waals surface area contributed by atoms with Gasteiger partial charge in [0, 0.05) is 0 Å². The van der Waals surface area contributed by atoms with E-state index < -0.39 is 11.6 Å². The maximum Gasteiger partial charge on any atom is 0.337 e. The molecule has 0 aromatic rings. The fourth-order valence-corrected chi connectivity index (χ4v) is 5.50. The zero-order valence-corrected chi connectivity index (χ0v) is 12.8. The number of carbonyl (C=O) groups excluding carboxylic acids is 1. The normalized spacial score (nSPS) is 43.4. The number of amides is 1. The van der Waals surface area contributed by atoms with Crippen LogP contribution < -0.4 is 5.32 Å². The molecule has 0 radical (unpaired) electrons. The molecular formula is C16H25NO4. The molecule has 0 heterocycles. The molecule has 4 aliphatic carbocycles. The van der Waals surface area contributed by atoms with Gasteiger partial charge >= 0.3 is 5.97 Å². The Balaban J connectivity index is 1.71. The first kappa shape index (κ1) is 14.8. The third kappa shape index (κ3) is 2.45. The Morgan fingerprint density at radius 1 is 1.24 bits per heavy atom. The summed E-state index contributed by atoms with van der Waals surface area (Å²) < 4.78 is 0. The molecule has 118 valence electrons. The highest BCUT2D eigenvalue weighted by atomic mass is 16.4. The van der Waals surface area contributed by atoms with Gasteiger partial charge in [-0.2, -0.15) is 0 Å². The van der Waals surface area contributed by atoms with Crippen molar-refractivity contribution in [2.45, 2.75) is 58.0 Å². The highest BCUT2D eigenvalue weighted by Gasteiger charge is 2.58. The number of carbonyl (C=O) groups is 2. The van der Waals surface area contributed by atoms with Crippen LogP contribution in [0.1, 0.15) is 52.4 Å². The molecule has 4 fully saturated rings. The summed E-state index contributed by atoms with van der Waals surface area (Å²) in [4.78, 5) is 23.6. The molecule has 3 unspecified atom stereocenters. The van der Waals surface area contributed by atoms with Crippen LogP contribution in [0.25, 0.3) is 0 Å². The standard InChI is InChI=1S/C16H25NO4/c1-14-4-10-3-11(5-14)7-16(6-10,8-14)12(18)17-9-15(2,21)13(19)20/h10-11,21H,3-9H2,1-2H3,(H,17,18)(H,19,20). The van der Waals surface area contributed by atoms with Crippen LogP contribution in [0.3, 0.4) is 0 Å². The van der Waals surface area contributed by atoms with Gasteiger partial charge in [0.15, 0.2) is 5.60 Å². The number of hydrogen-bond donors (Lipinski definition) is 3. The molecule has 4 bridgehead atoms. The minimum absolute atomic E-state index is 0.0515. The summed E-state index contributed by atoms with van der Waals surface area (Å²) in [5.41, 5.74) is -1.95. The number of carboxylic acids is 1. The number of aliphatic hydroxyl groups is 1. The van der Waals surface area contributed by atoms with Gasteiger partial charge in [-0.1, -0.05) is 6.92 Å². The van der Waals surface area contributed by atoms with E-state index in [0.717, 1.165) is 19.3 Å². The number of aliphatic carboxylic acids is 1. The van der Waals surface area contributed by atoms with Gasteiger partial charge in [-0.15, -0.1) is 0 Å². The SMILES string of the molecule is CC12CC3CC(C1)CC(C(=O)NCC(C)(O)C(=O)O)(C3)C2. The Morgan fingerprint density at radius 3 is 2.29 bits per heavy atom. The summed E-state index contributed by atoms with van der Waals surface area (Å²) in [5, 5.41) is 21.4. The first-order valence-electron chi connectivity index (χ1n) is 7.88. The zero-order valence-electron chi connectivity index (χ0n) is 12.8. The molecule has 4 saturated carbocycles. The second-order valence-electron chi connectivity index (χ2n) is 8.31. The highest BCUT2D eigenvalue weighted by molar-refractivity contribution is 5.84. The number of rotatable bonds is 4. The van der Waals surface area contributed by atoms with Gasteiger partial charge in [-0.3, -0.25) is 4.79 Å². The summed E-state index contributed by atoms with van der Waals surface area (Å²) in [7, 11) is 0. The van der Waals surface area contributed by atoms with E-state index in [1.165, 1.54) is 26.2 Å². The molecule has 21 heavy (non-hydrogen) atoms. The van der Waals surface area contributed by atoms with E-state index >= 15 is 0 Å². The Hall–Kier alpha value is -1.10. The van der Waals surface area contributed by atoms with Crippen molar-refractivity contribution in [3.05, 3.63) is 0 Å². The predicted molar refractivity (Wildman–Crippen MR) is 76.5 cm³/mol. The summed E-state index contributed by atoms with van der Waals surface area (Å²) in [6, 6.07) is 0. The smallest absolute Gasteiger partial charge is 0.337 e. The van der Waals surface area contributed by atoms with E-state index in [1.807, 2.05) is 0 Å². The summed E-state index contributed by atoms with van der Waals surface area (Å²) in [6.45, 7) is 3.28. The molecule has 0 aromatic carbocycles. The molecule has 0 saturated heterocycles. The molecule has 4 rings (SSSR count). The monoisotopic (exact) mass is 295 g/mol. The zero-order chi connectivity index (χ0) is 15.5. The van der Waals surface area contributed by atoms with Crippen LogP contribution in [0.5, 0.6) is 0 Å². The van der Waals surface area contributed by atoms with E-state index in [-0.39, 0.29) is 23.3 Å². The van der Waals surface area contributed by atoms with Crippen LogP contribution >= 0.6 is 0 Å². The van der Waals surface area contributed by atoms with Crippen molar-refractivity contribution in [1.82, 2.24) is 5.32 Å². The van der Waals surface area contributed by atoms with Crippen molar-refractivity contribution < 1.29 is 19.8 Å². The number of nitrogens with one attached hydrogen (secondary N) is 1.